The molecule has 5 heteroatoms. The maximum atomic E-state index is 10.7. The zero-order valence-corrected chi connectivity index (χ0v) is 13.0. The van der Waals surface area contributed by atoms with Gasteiger partial charge >= 0.3 is 0 Å². The third-order valence-corrected chi connectivity index (χ3v) is 3.43. The van der Waals surface area contributed by atoms with Gasteiger partial charge in [0, 0.05) is 30.8 Å². The normalized spacial score (nSPS) is 14.6. The lowest BCUT2D eigenvalue weighted by Crippen LogP contribution is -2.43. The molecule has 0 amide bonds. The van der Waals surface area contributed by atoms with E-state index in [0.29, 0.717) is 12.0 Å². The van der Waals surface area contributed by atoms with Gasteiger partial charge in [-0.3, -0.25) is 10.1 Å². The van der Waals surface area contributed by atoms with E-state index in [1.165, 1.54) is 0 Å². The summed E-state index contributed by atoms with van der Waals surface area (Å²) in [6.45, 7) is 7.45. The number of non-ortho nitro benzene ring substituents is 1. The Balaban J connectivity index is 2.72. The van der Waals surface area contributed by atoms with Crippen LogP contribution in [-0.4, -0.2) is 36.5 Å². The highest BCUT2D eigenvalue weighted by Crippen LogP contribution is 2.19. The number of nitrogens with zero attached hydrogens (tertiary/aromatic N) is 2. The fourth-order valence-corrected chi connectivity index (χ4v) is 2.15. The molecule has 0 aliphatic rings. The van der Waals surface area contributed by atoms with Crippen LogP contribution in [0.2, 0.25) is 0 Å². The average Bonchev–Trinajstić information content (AvgIpc) is 2.37. The molecule has 0 bridgehead atoms. The number of nitro benzene ring substituents is 1. The number of rotatable bonds is 7. The minimum absolute atomic E-state index is 0.134. The summed E-state index contributed by atoms with van der Waals surface area (Å²) in [5.74, 6) is 0.526. The monoisotopic (exact) mass is 279 g/mol. The number of hydrogen-bond donors (Lipinski definition) is 1. The van der Waals surface area contributed by atoms with Gasteiger partial charge in [-0.15, -0.1) is 0 Å². The summed E-state index contributed by atoms with van der Waals surface area (Å²) in [6, 6.07) is 7.32. The molecule has 0 aliphatic heterocycles. The third kappa shape index (κ3) is 4.90. The molecule has 0 spiro atoms. The molecule has 5 nitrogen and oxygen atoms in total. The molecule has 1 aromatic rings. The van der Waals surface area contributed by atoms with Crippen molar-refractivity contribution >= 4 is 5.69 Å². The van der Waals surface area contributed by atoms with Crippen molar-refractivity contribution in [3.63, 3.8) is 0 Å². The molecule has 2 atom stereocenters. The van der Waals surface area contributed by atoms with Gasteiger partial charge in [0.05, 0.1) is 4.92 Å². The van der Waals surface area contributed by atoms with Gasteiger partial charge in [0.25, 0.3) is 5.69 Å². The van der Waals surface area contributed by atoms with Gasteiger partial charge in [0.15, 0.2) is 0 Å². The lowest BCUT2D eigenvalue weighted by molar-refractivity contribution is -0.384. The van der Waals surface area contributed by atoms with E-state index in [0.717, 1.165) is 12.1 Å². The van der Waals surface area contributed by atoms with E-state index in [1.54, 1.807) is 12.1 Å². The lowest BCUT2D eigenvalue weighted by Gasteiger charge is -2.29. The van der Waals surface area contributed by atoms with Crippen molar-refractivity contribution in [1.29, 1.82) is 0 Å². The van der Waals surface area contributed by atoms with Gasteiger partial charge in [-0.1, -0.05) is 26.0 Å². The SMILES string of the molecule is CC(NC(CN(C)C)C(C)C)c1ccc([N+](=O)[O-])cc1. The Hall–Kier alpha value is -1.46. The molecule has 0 aromatic heterocycles. The Bertz CT molecular complexity index is 429. The second-order valence-electron chi connectivity index (χ2n) is 5.85. The Morgan fingerprint density at radius 3 is 2.15 bits per heavy atom. The number of likely N-dealkylation sites (N-methyl/N-ethyl adjacent to an activating group) is 1. The summed E-state index contributed by atoms with van der Waals surface area (Å²) in [7, 11) is 4.13. The summed E-state index contributed by atoms with van der Waals surface area (Å²) in [5.41, 5.74) is 1.20. The standard InChI is InChI=1S/C15H25N3O2/c1-11(2)15(10-17(4)5)16-12(3)13-6-8-14(9-7-13)18(19)20/h6-9,11-12,15-16H,10H2,1-5H3. The van der Waals surface area contributed by atoms with Crippen molar-refractivity contribution in [2.75, 3.05) is 20.6 Å². The first-order valence-corrected chi connectivity index (χ1v) is 6.96. The van der Waals surface area contributed by atoms with Crippen LogP contribution >= 0.6 is 0 Å². The third-order valence-electron chi connectivity index (χ3n) is 3.43. The molecule has 0 radical (unpaired) electrons. The van der Waals surface area contributed by atoms with Gasteiger partial charge in [0.2, 0.25) is 0 Å². The van der Waals surface area contributed by atoms with Gasteiger partial charge in [-0.25, -0.2) is 0 Å². The number of benzene rings is 1. The number of nitro groups is 1. The molecule has 112 valence electrons. The van der Waals surface area contributed by atoms with Crippen LogP contribution in [0.15, 0.2) is 24.3 Å². The first-order valence-electron chi connectivity index (χ1n) is 6.96. The maximum Gasteiger partial charge on any atom is 0.269 e. The maximum absolute atomic E-state index is 10.7. The van der Waals surface area contributed by atoms with Crippen molar-refractivity contribution in [2.45, 2.75) is 32.9 Å². The molecule has 1 N–H and O–H groups in total. The Morgan fingerprint density at radius 1 is 1.20 bits per heavy atom. The molecular formula is C15H25N3O2. The summed E-state index contributed by atoms with van der Waals surface area (Å²) < 4.78 is 0. The fourth-order valence-electron chi connectivity index (χ4n) is 2.15. The molecule has 0 aliphatic carbocycles. The number of hydrogen-bond acceptors (Lipinski definition) is 4. The molecule has 1 aromatic carbocycles. The van der Waals surface area contributed by atoms with E-state index < -0.39 is 0 Å². The fraction of sp³-hybridized carbons (Fsp3) is 0.600. The number of nitrogens with one attached hydrogen (secondary N) is 1. The van der Waals surface area contributed by atoms with Crippen molar-refractivity contribution in [3.8, 4) is 0 Å². The summed E-state index contributed by atoms with van der Waals surface area (Å²) in [4.78, 5) is 12.5. The predicted octanol–water partition coefficient (Wildman–Crippen LogP) is 2.83. The van der Waals surface area contributed by atoms with E-state index in [1.807, 2.05) is 12.1 Å². The Kier molecular flexibility index (Phi) is 6.10. The summed E-state index contributed by atoms with van der Waals surface area (Å²) in [5, 5.41) is 14.3. The van der Waals surface area contributed by atoms with E-state index in [9.17, 15) is 10.1 Å². The second kappa shape index (κ2) is 7.36. The molecule has 0 fully saturated rings. The van der Waals surface area contributed by atoms with Gasteiger partial charge in [0.1, 0.15) is 0 Å². The lowest BCUT2D eigenvalue weighted by atomic mass is 10.0. The van der Waals surface area contributed by atoms with Crippen LogP contribution in [0.3, 0.4) is 0 Å². The second-order valence-corrected chi connectivity index (χ2v) is 5.85. The highest BCUT2D eigenvalue weighted by molar-refractivity contribution is 5.34. The van der Waals surface area contributed by atoms with Crippen LogP contribution in [0, 0.1) is 16.0 Å². The van der Waals surface area contributed by atoms with Crippen LogP contribution in [0.5, 0.6) is 0 Å². The topological polar surface area (TPSA) is 58.4 Å². The minimum atomic E-state index is -0.370. The molecule has 2 unspecified atom stereocenters. The van der Waals surface area contributed by atoms with Crippen molar-refractivity contribution < 1.29 is 4.92 Å². The van der Waals surface area contributed by atoms with Crippen LogP contribution in [0.1, 0.15) is 32.4 Å². The molecule has 0 heterocycles. The van der Waals surface area contributed by atoms with Crippen molar-refractivity contribution in [2.24, 2.45) is 5.92 Å². The smallest absolute Gasteiger partial charge is 0.269 e. The van der Waals surface area contributed by atoms with E-state index in [4.69, 9.17) is 0 Å². The van der Waals surface area contributed by atoms with Crippen molar-refractivity contribution in [3.05, 3.63) is 39.9 Å². The zero-order valence-electron chi connectivity index (χ0n) is 13.0. The van der Waals surface area contributed by atoms with Crippen molar-refractivity contribution in [1.82, 2.24) is 10.2 Å². The van der Waals surface area contributed by atoms with E-state index in [2.05, 4.69) is 45.1 Å². The Morgan fingerprint density at radius 2 is 1.75 bits per heavy atom. The average molecular weight is 279 g/mol. The molecule has 1 rings (SSSR count). The van der Waals surface area contributed by atoms with Crippen LogP contribution in [0.25, 0.3) is 0 Å². The summed E-state index contributed by atoms with van der Waals surface area (Å²) in [6.07, 6.45) is 0. The zero-order chi connectivity index (χ0) is 15.3. The largest absolute Gasteiger partial charge is 0.308 e. The quantitative estimate of drug-likeness (QED) is 0.616. The first-order chi connectivity index (χ1) is 9.31. The molecular weight excluding hydrogens is 254 g/mol. The van der Waals surface area contributed by atoms with Crippen LogP contribution in [-0.2, 0) is 0 Å². The molecule has 20 heavy (non-hydrogen) atoms. The van der Waals surface area contributed by atoms with Gasteiger partial charge in [-0.05, 0) is 32.5 Å². The van der Waals surface area contributed by atoms with E-state index in [-0.39, 0.29) is 16.7 Å². The first kappa shape index (κ1) is 16.6. The minimum Gasteiger partial charge on any atom is -0.308 e. The highest BCUT2D eigenvalue weighted by atomic mass is 16.6. The predicted molar refractivity (Wildman–Crippen MR) is 81.8 cm³/mol. The van der Waals surface area contributed by atoms with Gasteiger partial charge in [-0.2, -0.15) is 0 Å². The molecule has 0 saturated carbocycles. The van der Waals surface area contributed by atoms with E-state index >= 15 is 0 Å². The molecule has 0 saturated heterocycles. The van der Waals surface area contributed by atoms with Crippen LogP contribution < -0.4 is 5.32 Å². The highest BCUT2D eigenvalue weighted by Gasteiger charge is 2.18. The Labute approximate surface area is 121 Å². The van der Waals surface area contributed by atoms with Gasteiger partial charge < -0.3 is 10.2 Å². The van der Waals surface area contributed by atoms with Crippen LogP contribution in [0.4, 0.5) is 5.69 Å². The summed E-state index contributed by atoms with van der Waals surface area (Å²) >= 11 is 0.